The molecule has 1 aromatic heterocycles. The Balaban J connectivity index is 0.00000144. The summed E-state index contributed by atoms with van der Waals surface area (Å²) in [7, 11) is 0. The van der Waals surface area contributed by atoms with E-state index >= 15 is 0 Å². The van der Waals surface area contributed by atoms with Gasteiger partial charge in [0.1, 0.15) is 5.82 Å². The Morgan fingerprint density at radius 2 is 2.12 bits per heavy atom. The van der Waals surface area contributed by atoms with Crippen LogP contribution in [0.15, 0.2) is 24.3 Å². The number of para-hydroxylation sites is 2. The number of hydrogen-bond donors (Lipinski definition) is 0. The fourth-order valence-corrected chi connectivity index (χ4v) is 1.86. The molecule has 0 bridgehead atoms. The second kappa shape index (κ2) is 6.19. The SMILES string of the molecule is Cc1nc2ccccc2n1CCCC(=O)[O-].[Na+]. The van der Waals surface area contributed by atoms with E-state index < -0.39 is 5.97 Å². The molecule has 0 unspecified atom stereocenters. The average Bonchev–Trinajstić information content (AvgIpc) is 2.55. The smallest absolute Gasteiger partial charge is 0.550 e. The van der Waals surface area contributed by atoms with E-state index in [-0.39, 0.29) is 36.0 Å². The summed E-state index contributed by atoms with van der Waals surface area (Å²) in [6, 6.07) is 7.85. The fourth-order valence-electron chi connectivity index (χ4n) is 1.86. The van der Waals surface area contributed by atoms with Crippen molar-refractivity contribution >= 4 is 17.0 Å². The molecule has 4 nitrogen and oxygen atoms in total. The van der Waals surface area contributed by atoms with Crippen LogP contribution < -0.4 is 34.7 Å². The molecule has 5 heteroatoms. The summed E-state index contributed by atoms with van der Waals surface area (Å²) >= 11 is 0. The molecule has 0 aliphatic carbocycles. The molecule has 0 radical (unpaired) electrons. The molecule has 0 N–H and O–H groups in total. The number of imidazole rings is 1. The molecule has 0 aliphatic heterocycles. The third-order valence-electron chi connectivity index (χ3n) is 2.61. The van der Waals surface area contributed by atoms with Crippen molar-refractivity contribution in [3.8, 4) is 0 Å². The van der Waals surface area contributed by atoms with E-state index in [9.17, 15) is 9.90 Å². The molecule has 17 heavy (non-hydrogen) atoms. The van der Waals surface area contributed by atoms with Gasteiger partial charge in [0, 0.05) is 12.5 Å². The molecule has 1 heterocycles. The third-order valence-corrected chi connectivity index (χ3v) is 2.61. The van der Waals surface area contributed by atoms with Gasteiger partial charge in [0.2, 0.25) is 0 Å². The predicted octanol–water partition coefficient (Wildman–Crippen LogP) is -2.12. The molecule has 0 saturated carbocycles. The minimum atomic E-state index is -0.998. The maximum Gasteiger partial charge on any atom is 1.00 e. The molecule has 0 aliphatic rings. The number of aryl methyl sites for hydroxylation is 2. The van der Waals surface area contributed by atoms with E-state index in [1.165, 1.54) is 0 Å². The zero-order valence-electron chi connectivity index (χ0n) is 10.1. The Hall–Kier alpha value is -0.840. The minimum absolute atomic E-state index is 0. The first-order valence-electron chi connectivity index (χ1n) is 5.30. The molecule has 84 valence electrons. The Labute approximate surface area is 122 Å². The van der Waals surface area contributed by atoms with Gasteiger partial charge in [-0.1, -0.05) is 12.1 Å². The summed E-state index contributed by atoms with van der Waals surface area (Å²) in [6.45, 7) is 2.60. The van der Waals surface area contributed by atoms with E-state index in [4.69, 9.17) is 0 Å². The number of hydrogen-bond acceptors (Lipinski definition) is 3. The van der Waals surface area contributed by atoms with Gasteiger partial charge < -0.3 is 14.5 Å². The standard InChI is InChI=1S/C12H14N2O2.Na/c1-9-13-10-5-2-3-6-11(10)14(9)8-4-7-12(15)16;/h2-3,5-6H,4,7-8H2,1H3,(H,15,16);/q;+1/p-1. The van der Waals surface area contributed by atoms with Gasteiger partial charge in [0.25, 0.3) is 0 Å². The fraction of sp³-hybridized carbons (Fsp3) is 0.333. The Morgan fingerprint density at radius 3 is 2.82 bits per heavy atom. The number of carbonyl (C=O) groups is 1. The second-order valence-corrected chi connectivity index (χ2v) is 3.77. The van der Waals surface area contributed by atoms with Crippen LogP contribution in [0.25, 0.3) is 11.0 Å². The van der Waals surface area contributed by atoms with E-state index in [2.05, 4.69) is 4.98 Å². The van der Waals surface area contributed by atoms with Crippen molar-refractivity contribution in [1.82, 2.24) is 9.55 Å². The van der Waals surface area contributed by atoms with Crippen LogP contribution in [0.5, 0.6) is 0 Å². The van der Waals surface area contributed by atoms with Gasteiger partial charge in [-0.25, -0.2) is 4.98 Å². The van der Waals surface area contributed by atoms with Crippen LogP contribution in [0.4, 0.5) is 0 Å². The summed E-state index contributed by atoms with van der Waals surface area (Å²) in [5, 5.41) is 10.3. The third kappa shape index (κ3) is 3.31. The van der Waals surface area contributed by atoms with Crippen molar-refractivity contribution in [1.29, 1.82) is 0 Å². The molecule has 0 spiro atoms. The van der Waals surface area contributed by atoms with Crippen molar-refractivity contribution in [2.75, 3.05) is 0 Å². The number of aromatic nitrogens is 2. The van der Waals surface area contributed by atoms with Gasteiger partial charge in [-0.05, 0) is 31.9 Å². The summed E-state index contributed by atoms with van der Waals surface area (Å²) in [6.07, 6.45) is 0.662. The molecule has 0 amide bonds. The van der Waals surface area contributed by atoms with E-state index in [0.717, 1.165) is 16.9 Å². The van der Waals surface area contributed by atoms with Gasteiger partial charge >= 0.3 is 29.6 Å². The second-order valence-electron chi connectivity index (χ2n) is 3.77. The number of fused-ring (bicyclic) bond motifs is 1. The molecule has 0 atom stereocenters. The summed E-state index contributed by atoms with van der Waals surface area (Å²) in [4.78, 5) is 14.8. The van der Waals surface area contributed by atoms with Crippen LogP contribution in [0.2, 0.25) is 0 Å². The molecule has 0 saturated heterocycles. The van der Waals surface area contributed by atoms with Crippen LogP contribution in [0.1, 0.15) is 18.7 Å². The van der Waals surface area contributed by atoms with Gasteiger partial charge in [-0.3, -0.25) is 0 Å². The van der Waals surface area contributed by atoms with Gasteiger partial charge in [0.05, 0.1) is 11.0 Å². The van der Waals surface area contributed by atoms with Crippen molar-refractivity contribution in [3.63, 3.8) is 0 Å². The summed E-state index contributed by atoms with van der Waals surface area (Å²) < 4.78 is 2.04. The number of carboxylic acid groups (broad SMARTS) is 1. The first-order chi connectivity index (χ1) is 7.68. The normalized spacial score (nSPS) is 10.2. The zero-order chi connectivity index (χ0) is 11.5. The largest absolute Gasteiger partial charge is 1.00 e. The molecule has 0 fully saturated rings. The van der Waals surface area contributed by atoms with Crippen molar-refractivity contribution in [3.05, 3.63) is 30.1 Å². The Morgan fingerprint density at radius 1 is 1.41 bits per heavy atom. The average molecular weight is 240 g/mol. The first kappa shape index (κ1) is 14.2. The predicted molar refractivity (Wildman–Crippen MR) is 58.7 cm³/mol. The number of carboxylic acids is 1. The van der Waals surface area contributed by atoms with E-state index in [1.807, 2.05) is 35.8 Å². The number of benzene rings is 1. The quantitative estimate of drug-likeness (QED) is 0.574. The maximum absolute atomic E-state index is 10.3. The van der Waals surface area contributed by atoms with Crippen LogP contribution in [0, 0.1) is 6.92 Å². The maximum atomic E-state index is 10.3. The van der Waals surface area contributed by atoms with Crippen LogP contribution in [-0.4, -0.2) is 15.5 Å². The van der Waals surface area contributed by atoms with Gasteiger partial charge in [0.15, 0.2) is 0 Å². The summed E-state index contributed by atoms with van der Waals surface area (Å²) in [5.74, 6) is -0.0818. The van der Waals surface area contributed by atoms with Crippen molar-refractivity contribution in [2.45, 2.75) is 26.3 Å². The molecular weight excluding hydrogens is 227 g/mol. The number of aliphatic carboxylic acids is 1. The number of nitrogens with zero attached hydrogens (tertiary/aromatic N) is 2. The molecule has 2 rings (SSSR count). The zero-order valence-corrected chi connectivity index (χ0v) is 12.1. The summed E-state index contributed by atoms with van der Waals surface area (Å²) in [5.41, 5.74) is 2.01. The van der Waals surface area contributed by atoms with Crippen molar-refractivity contribution < 1.29 is 39.5 Å². The monoisotopic (exact) mass is 240 g/mol. The minimum Gasteiger partial charge on any atom is -0.550 e. The topological polar surface area (TPSA) is 58.0 Å². The van der Waals surface area contributed by atoms with Crippen LogP contribution in [-0.2, 0) is 11.3 Å². The van der Waals surface area contributed by atoms with Crippen LogP contribution >= 0.6 is 0 Å². The first-order valence-corrected chi connectivity index (χ1v) is 5.30. The van der Waals surface area contributed by atoms with Gasteiger partial charge in [-0.2, -0.15) is 0 Å². The molecule has 2 aromatic rings. The van der Waals surface area contributed by atoms with E-state index in [1.54, 1.807) is 0 Å². The van der Waals surface area contributed by atoms with Crippen LogP contribution in [0.3, 0.4) is 0 Å². The Bertz CT molecular complexity index is 522. The number of carbonyl (C=O) groups excluding carboxylic acids is 1. The Kier molecular flexibility index (Phi) is 5.18. The number of rotatable bonds is 4. The van der Waals surface area contributed by atoms with Crippen molar-refractivity contribution in [2.24, 2.45) is 0 Å². The van der Waals surface area contributed by atoms with Gasteiger partial charge in [-0.15, -0.1) is 0 Å². The molecular formula is C12H13N2NaO2. The molecule has 1 aromatic carbocycles. The van der Waals surface area contributed by atoms with E-state index in [0.29, 0.717) is 13.0 Å².